The molecule has 0 saturated carbocycles. The molecule has 1 aromatic heterocycles. The Labute approximate surface area is 148 Å². The third-order valence-electron chi connectivity index (χ3n) is 5.75. The van der Waals surface area contributed by atoms with Gasteiger partial charge >= 0.3 is 0 Å². The predicted octanol–water partition coefficient (Wildman–Crippen LogP) is 4.25. The maximum Gasteiger partial charge on any atom is 0.110 e. The lowest BCUT2D eigenvalue weighted by Crippen LogP contribution is -2.32. The van der Waals surface area contributed by atoms with Gasteiger partial charge in [0.25, 0.3) is 0 Å². The van der Waals surface area contributed by atoms with Crippen molar-refractivity contribution in [2.24, 2.45) is 0 Å². The quantitative estimate of drug-likeness (QED) is 0.663. The molecule has 2 aliphatic heterocycles. The minimum absolute atomic E-state index is 0.176. The van der Waals surface area contributed by atoms with Crippen LogP contribution in [0, 0.1) is 6.92 Å². The van der Waals surface area contributed by atoms with Crippen LogP contribution in [-0.2, 0) is 17.8 Å². The Bertz CT molecular complexity index is 928. The summed E-state index contributed by atoms with van der Waals surface area (Å²) in [6, 6.07) is 17.7. The molecular formula is C22H24N2O. The Kier molecular flexibility index (Phi) is 3.47. The molecule has 5 rings (SSSR count). The van der Waals surface area contributed by atoms with E-state index in [4.69, 9.17) is 4.74 Å². The number of rotatable bonds is 1. The molecule has 3 heterocycles. The molecule has 25 heavy (non-hydrogen) atoms. The third-order valence-corrected chi connectivity index (χ3v) is 5.75. The Morgan fingerprint density at radius 1 is 1.04 bits per heavy atom. The smallest absolute Gasteiger partial charge is 0.110 e. The van der Waals surface area contributed by atoms with E-state index in [1.54, 1.807) is 0 Å². The highest BCUT2D eigenvalue weighted by atomic mass is 16.5. The monoisotopic (exact) mass is 332 g/mol. The average molecular weight is 332 g/mol. The molecule has 0 radical (unpaired) electrons. The van der Waals surface area contributed by atoms with Gasteiger partial charge in [0.1, 0.15) is 6.10 Å². The van der Waals surface area contributed by atoms with E-state index >= 15 is 0 Å². The van der Waals surface area contributed by atoms with Gasteiger partial charge in [-0.25, -0.2) is 0 Å². The fraction of sp³-hybridized carbons (Fsp3) is 0.364. The van der Waals surface area contributed by atoms with Crippen LogP contribution < -0.4 is 0 Å². The molecule has 2 unspecified atom stereocenters. The Morgan fingerprint density at radius 3 is 2.72 bits per heavy atom. The molecule has 0 bridgehead atoms. The van der Waals surface area contributed by atoms with Crippen molar-refractivity contribution in [3.05, 3.63) is 70.9 Å². The Morgan fingerprint density at radius 2 is 1.88 bits per heavy atom. The maximum absolute atomic E-state index is 6.45. The van der Waals surface area contributed by atoms with Crippen molar-refractivity contribution in [3.63, 3.8) is 0 Å². The lowest BCUT2D eigenvalue weighted by atomic mass is 10.00. The zero-order valence-corrected chi connectivity index (χ0v) is 14.9. The number of aryl methyl sites for hydroxylation is 1. The third kappa shape index (κ3) is 2.42. The molecule has 0 N–H and O–H groups in total. The number of hydrogen-bond acceptors (Lipinski definition) is 2. The molecule has 0 fully saturated rings. The van der Waals surface area contributed by atoms with Crippen LogP contribution in [-0.4, -0.2) is 29.7 Å². The Balaban J connectivity index is 1.70. The number of likely N-dealkylation sites (N-methyl/N-ethyl adjacent to an activating group) is 1. The van der Waals surface area contributed by atoms with Crippen LogP contribution in [0.3, 0.4) is 0 Å². The van der Waals surface area contributed by atoms with E-state index < -0.39 is 0 Å². The highest BCUT2D eigenvalue weighted by molar-refractivity contribution is 5.86. The van der Waals surface area contributed by atoms with Crippen LogP contribution in [0.1, 0.15) is 34.4 Å². The number of benzene rings is 2. The van der Waals surface area contributed by atoms with Gasteiger partial charge in [-0.1, -0.05) is 42.0 Å². The van der Waals surface area contributed by atoms with E-state index in [-0.39, 0.29) is 6.10 Å². The van der Waals surface area contributed by atoms with Gasteiger partial charge in [0.15, 0.2) is 0 Å². The van der Waals surface area contributed by atoms with Gasteiger partial charge in [0, 0.05) is 36.5 Å². The number of aromatic nitrogens is 1. The first kappa shape index (κ1) is 15.2. The highest BCUT2D eigenvalue weighted by Gasteiger charge is 2.34. The van der Waals surface area contributed by atoms with E-state index in [0.717, 1.165) is 26.2 Å². The summed E-state index contributed by atoms with van der Waals surface area (Å²) in [5, 5.41) is 1.41. The van der Waals surface area contributed by atoms with Gasteiger partial charge in [0.2, 0.25) is 0 Å². The first-order chi connectivity index (χ1) is 12.2. The van der Waals surface area contributed by atoms with E-state index in [1.165, 1.54) is 33.3 Å². The van der Waals surface area contributed by atoms with Crippen LogP contribution in [0.4, 0.5) is 0 Å². The molecule has 128 valence electrons. The summed E-state index contributed by atoms with van der Waals surface area (Å²) in [7, 11) is 2.20. The van der Waals surface area contributed by atoms with Crippen LogP contribution in [0.25, 0.3) is 10.9 Å². The first-order valence-electron chi connectivity index (χ1n) is 9.17. The largest absolute Gasteiger partial charge is 0.370 e. The van der Waals surface area contributed by atoms with Crippen LogP contribution in [0.5, 0.6) is 0 Å². The first-order valence-corrected chi connectivity index (χ1v) is 9.17. The standard InChI is InChI=1S/C22H24N2O/c1-15-8-9-20-18(10-15)19-12-23(2)13-21-22(19)24(20)11-17(14-25-21)16-6-4-3-5-7-16/h3-10,17,21H,11-14H2,1-2H3. The van der Waals surface area contributed by atoms with Crippen molar-refractivity contribution >= 4 is 10.9 Å². The van der Waals surface area contributed by atoms with Crippen molar-refractivity contribution in [1.82, 2.24) is 9.47 Å². The molecule has 0 saturated heterocycles. The van der Waals surface area contributed by atoms with Gasteiger partial charge in [-0.3, -0.25) is 4.90 Å². The van der Waals surface area contributed by atoms with Gasteiger partial charge in [0.05, 0.1) is 12.3 Å². The molecule has 3 nitrogen and oxygen atoms in total. The summed E-state index contributed by atoms with van der Waals surface area (Å²) in [5.74, 6) is 0.401. The zero-order chi connectivity index (χ0) is 17.0. The van der Waals surface area contributed by atoms with Crippen molar-refractivity contribution < 1.29 is 4.74 Å². The number of hydrogen-bond donors (Lipinski definition) is 0. The molecular weight excluding hydrogens is 308 g/mol. The second-order valence-corrected chi connectivity index (χ2v) is 7.62. The van der Waals surface area contributed by atoms with E-state index in [1.807, 2.05) is 0 Å². The molecule has 0 amide bonds. The molecule has 0 aliphatic carbocycles. The van der Waals surface area contributed by atoms with Gasteiger partial charge < -0.3 is 9.30 Å². The summed E-state index contributed by atoms with van der Waals surface area (Å²) >= 11 is 0. The number of nitrogens with zero attached hydrogens (tertiary/aromatic N) is 2. The molecule has 3 heteroatoms. The van der Waals surface area contributed by atoms with Gasteiger partial charge in [-0.15, -0.1) is 0 Å². The van der Waals surface area contributed by atoms with E-state index in [2.05, 4.69) is 72.0 Å². The second kappa shape index (κ2) is 5.72. The average Bonchev–Trinajstić information content (AvgIpc) is 2.79. The van der Waals surface area contributed by atoms with E-state index in [9.17, 15) is 0 Å². The minimum Gasteiger partial charge on any atom is -0.370 e. The van der Waals surface area contributed by atoms with Crippen LogP contribution >= 0.6 is 0 Å². The molecule has 2 atom stereocenters. The van der Waals surface area contributed by atoms with Crippen LogP contribution in [0.2, 0.25) is 0 Å². The normalized spacial score (nSPS) is 23.4. The number of fused-ring (bicyclic) bond motifs is 3. The minimum atomic E-state index is 0.176. The van der Waals surface area contributed by atoms with Gasteiger partial charge in [-0.05, 0) is 37.2 Å². The maximum atomic E-state index is 6.45. The number of ether oxygens (including phenoxy) is 1. The SMILES string of the molecule is Cc1ccc2c(c1)c1c3n2CC(c2ccccc2)COC3CN(C)C1. The highest BCUT2D eigenvalue weighted by Crippen LogP contribution is 2.40. The van der Waals surface area contributed by atoms with Crippen molar-refractivity contribution in [2.45, 2.75) is 32.0 Å². The topological polar surface area (TPSA) is 17.4 Å². The molecule has 2 aliphatic rings. The summed E-state index contributed by atoms with van der Waals surface area (Å²) in [6.07, 6.45) is 0.176. The summed E-state index contributed by atoms with van der Waals surface area (Å²) in [4.78, 5) is 2.39. The fourth-order valence-electron chi connectivity index (χ4n) is 4.56. The van der Waals surface area contributed by atoms with Crippen molar-refractivity contribution in [3.8, 4) is 0 Å². The summed E-state index contributed by atoms with van der Waals surface area (Å²) in [6.45, 7) is 5.96. The lowest BCUT2D eigenvalue weighted by molar-refractivity contribution is 0.0170. The molecule has 2 aromatic carbocycles. The summed E-state index contributed by atoms with van der Waals surface area (Å²) < 4.78 is 8.99. The second-order valence-electron chi connectivity index (χ2n) is 7.62. The molecule has 3 aromatic rings. The predicted molar refractivity (Wildman–Crippen MR) is 101 cm³/mol. The zero-order valence-electron chi connectivity index (χ0n) is 14.9. The van der Waals surface area contributed by atoms with E-state index in [0.29, 0.717) is 5.92 Å². The Hall–Kier alpha value is -2.10. The van der Waals surface area contributed by atoms with Crippen molar-refractivity contribution in [2.75, 3.05) is 20.2 Å². The fourth-order valence-corrected chi connectivity index (χ4v) is 4.56. The summed E-state index contributed by atoms with van der Waals surface area (Å²) in [5.41, 5.74) is 6.94. The van der Waals surface area contributed by atoms with Gasteiger partial charge in [-0.2, -0.15) is 0 Å². The molecule has 0 spiro atoms. The van der Waals surface area contributed by atoms with Crippen molar-refractivity contribution in [1.29, 1.82) is 0 Å². The van der Waals surface area contributed by atoms with Crippen LogP contribution in [0.15, 0.2) is 48.5 Å². The lowest BCUT2D eigenvalue weighted by Gasteiger charge is -2.30.